The predicted molar refractivity (Wildman–Crippen MR) is 138 cm³/mol. The summed E-state index contributed by atoms with van der Waals surface area (Å²) in [6.45, 7) is 0. The van der Waals surface area contributed by atoms with Gasteiger partial charge >= 0.3 is 0 Å². The summed E-state index contributed by atoms with van der Waals surface area (Å²) in [5.41, 5.74) is 3.27. The molecule has 2 N–H and O–H groups in total. The van der Waals surface area contributed by atoms with Gasteiger partial charge in [0, 0.05) is 21.8 Å². The molecule has 0 spiro atoms. The third-order valence-electron chi connectivity index (χ3n) is 5.58. The quantitative estimate of drug-likeness (QED) is 0.349. The van der Waals surface area contributed by atoms with Gasteiger partial charge in [0.05, 0.1) is 17.1 Å². The Morgan fingerprint density at radius 1 is 0.912 bits per heavy atom. The molecule has 1 atom stereocenters. The van der Waals surface area contributed by atoms with Crippen molar-refractivity contribution in [3.05, 3.63) is 95.5 Å². The number of amides is 2. The summed E-state index contributed by atoms with van der Waals surface area (Å²) in [5, 5.41) is 5.30. The fourth-order valence-electron chi connectivity index (χ4n) is 4.00. The smallest absolute Gasteiger partial charge is 0.241 e. The number of carbonyl (C=O) groups is 2. The fraction of sp³-hybridized carbons (Fsp3) is 0.0769. The Kier molecular flexibility index (Phi) is 6.04. The highest BCUT2D eigenvalue weighted by Gasteiger charge is 2.28. The van der Waals surface area contributed by atoms with Crippen molar-refractivity contribution in [2.24, 2.45) is 0 Å². The predicted octanol–water partition coefficient (Wildman–Crippen LogP) is 5.78. The summed E-state index contributed by atoms with van der Waals surface area (Å²) in [6, 6.07) is 25.8. The molecular weight excluding hydrogens is 470 g/mol. The van der Waals surface area contributed by atoms with Gasteiger partial charge in [0.1, 0.15) is 17.4 Å². The van der Waals surface area contributed by atoms with Crippen LogP contribution in [0, 0.1) is 0 Å². The number of halogens is 1. The third kappa shape index (κ3) is 4.40. The summed E-state index contributed by atoms with van der Waals surface area (Å²) in [4.78, 5) is 27.0. The Morgan fingerprint density at radius 2 is 1.65 bits per heavy atom. The van der Waals surface area contributed by atoms with Crippen LogP contribution in [0.25, 0.3) is 10.8 Å². The Hall–Kier alpha value is -3.68. The van der Waals surface area contributed by atoms with E-state index in [0.29, 0.717) is 27.8 Å². The number of nitrogens with zero attached hydrogens (tertiary/aromatic N) is 1. The number of benzene rings is 4. The molecule has 0 saturated carbocycles. The normalized spacial score (nSPS) is 14.3. The van der Waals surface area contributed by atoms with E-state index in [2.05, 4.69) is 10.0 Å². The summed E-state index contributed by atoms with van der Waals surface area (Å²) in [6.07, 6.45) is -0.259. The van der Waals surface area contributed by atoms with Crippen molar-refractivity contribution in [2.75, 3.05) is 14.9 Å². The number of anilines is 4. The molecule has 34 heavy (non-hydrogen) atoms. The van der Waals surface area contributed by atoms with Crippen LogP contribution in [0.2, 0.25) is 5.02 Å². The van der Waals surface area contributed by atoms with Gasteiger partial charge in [-0.05, 0) is 47.3 Å². The SMILES string of the molecule is O=C1CC(=O)N(c2ccc(NS(=O)Cc3ccccc3Cl)cc2)c2ccc3ccccc3c2N1. The lowest BCUT2D eigenvalue weighted by Crippen LogP contribution is -2.26. The summed E-state index contributed by atoms with van der Waals surface area (Å²) >= 11 is 6.16. The van der Waals surface area contributed by atoms with Crippen LogP contribution < -0.4 is 14.9 Å². The topological polar surface area (TPSA) is 78.5 Å². The van der Waals surface area contributed by atoms with Gasteiger partial charge in [0.2, 0.25) is 11.8 Å². The van der Waals surface area contributed by atoms with Crippen molar-refractivity contribution in [1.29, 1.82) is 0 Å². The van der Waals surface area contributed by atoms with E-state index in [1.165, 1.54) is 0 Å². The maximum atomic E-state index is 13.0. The van der Waals surface area contributed by atoms with Crippen molar-refractivity contribution in [1.82, 2.24) is 0 Å². The Morgan fingerprint density at radius 3 is 2.44 bits per heavy atom. The highest BCUT2D eigenvalue weighted by Crippen LogP contribution is 2.40. The second-order valence-electron chi connectivity index (χ2n) is 7.87. The van der Waals surface area contributed by atoms with Gasteiger partial charge in [-0.3, -0.25) is 14.5 Å². The first kappa shape index (κ1) is 22.1. The van der Waals surface area contributed by atoms with E-state index in [0.717, 1.165) is 16.3 Å². The van der Waals surface area contributed by atoms with Crippen molar-refractivity contribution in [3.63, 3.8) is 0 Å². The van der Waals surface area contributed by atoms with Gasteiger partial charge in [0.25, 0.3) is 0 Å². The molecule has 0 aromatic heterocycles. The zero-order valence-electron chi connectivity index (χ0n) is 18.0. The molecule has 0 fully saturated rings. The summed E-state index contributed by atoms with van der Waals surface area (Å²) in [5.74, 6) is -0.409. The van der Waals surface area contributed by atoms with E-state index < -0.39 is 11.0 Å². The first-order valence-corrected chi connectivity index (χ1v) is 12.3. The van der Waals surface area contributed by atoms with E-state index in [1.54, 1.807) is 35.2 Å². The van der Waals surface area contributed by atoms with Crippen LogP contribution in [0.5, 0.6) is 0 Å². The molecular formula is C26H20ClN3O3S. The van der Waals surface area contributed by atoms with E-state index >= 15 is 0 Å². The van der Waals surface area contributed by atoms with Gasteiger partial charge < -0.3 is 10.0 Å². The first-order chi connectivity index (χ1) is 16.5. The Balaban J connectivity index is 1.43. The average Bonchev–Trinajstić information content (AvgIpc) is 2.95. The van der Waals surface area contributed by atoms with Gasteiger partial charge in [-0.2, -0.15) is 0 Å². The number of carbonyl (C=O) groups excluding carboxylic acids is 2. The minimum absolute atomic E-state index is 0.259. The van der Waals surface area contributed by atoms with Crippen LogP contribution >= 0.6 is 11.6 Å². The van der Waals surface area contributed by atoms with Gasteiger partial charge in [-0.25, -0.2) is 4.21 Å². The monoisotopic (exact) mass is 489 g/mol. The molecule has 5 rings (SSSR count). The van der Waals surface area contributed by atoms with Crippen LogP contribution in [-0.4, -0.2) is 16.0 Å². The van der Waals surface area contributed by atoms with E-state index in [-0.39, 0.29) is 24.0 Å². The molecule has 0 aliphatic carbocycles. The number of hydrogen-bond acceptors (Lipinski definition) is 3. The van der Waals surface area contributed by atoms with Crippen LogP contribution in [0.15, 0.2) is 84.9 Å². The second kappa shape index (κ2) is 9.29. The fourth-order valence-corrected chi connectivity index (χ4v) is 5.29. The van der Waals surface area contributed by atoms with Gasteiger partial charge in [-0.15, -0.1) is 0 Å². The molecule has 0 radical (unpaired) electrons. The Bertz CT molecular complexity index is 1440. The molecule has 1 aliphatic heterocycles. The molecule has 1 unspecified atom stereocenters. The lowest BCUT2D eigenvalue weighted by molar-refractivity contribution is -0.124. The highest BCUT2D eigenvalue weighted by molar-refractivity contribution is 7.85. The number of fused-ring (bicyclic) bond motifs is 3. The third-order valence-corrected chi connectivity index (χ3v) is 6.98. The van der Waals surface area contributed by atoms with Crippen LogP contribution in [0.4, 0.5) is 22.7 Å². The molecule has 6 nitrogen and oxygen atoms in total. The van der Waals surface area contributed by atoms with Crippen molar-refractivity contribution < 1.29 is 13.8 Å². The molecule has 0 saturated heterocycles. The van der Waals surface area contributed by atoms with Crippen molar-refractivity contribution >= 4 is 67.9 Å². The maximum Gasteiger partial charge on any atom is 0.241 e. The standard InChI is InChI=1S/C26H20ClN3O3S/c27-22-8-4-2-6-18(22)16-34(33)29-19-10-12-20(13-11-19)30-23-14-9-17-5-1-3-7-21(17)26(23)28-24(31)15-25(30)32/h1-14,29H,15-16H2,(H,28,31). The molecule has 0 bridgehead atoms. The molecule has 170 valence electrons. The van der Waals surface area contributed by atoms with Crippen molar-refractivity contribution in [3.8, 4) is 0 Å². The summed E-state index contributed by atoms with van der Waals surface area (Å²) in [7, 11) is -1.38. The lowest BCUT2D eigenvalue weighted by Gasteiger charge is -2.23. The van der Waals surface area contributed by atoms with E-state index in [9.17, 15) is 13.8 Å². The van der Waals surface area contributed by atoms with Crippen LogP contribution in [0.1, 0.15) is 12.0 Å². The highest BCUT2D eigenvalue weighted by atomic mass is 35.5. The first-order valence-electron chi connectivity index (χ1n) is 10.6. The van der Waals surface area contributed by atoms with Gasteiger partial charge in [0.15, 0.2) is 0 Å². The number of hydrogen-bond donors (Lipinski definition) is 2. The zero-order chi connectivity index (χ0) is 23.7. The van der Waals surface area contributed by atoms with E-state index in [1.807, 2.05) is 54.6 Å². The number of nitrogens with one attached hydrogen (secondary N) is 2. The molecule has 4 aromatic rings. The van der Waals surface area contributed by atoms with Crippen molar-refractivity contribution in [2.45, 2.75) is 12.2 Å². The zero-order valence-corrected chi connectivity index (χ0v) is 19.5. The van der Waals surface area contributed by atoms with Gasteiger partial charge in [-0.1, -0.05) is 60.1 Å². The molecule has 8 heteroatoms. The minimum Gasteiger partial charge on any atom is -0.323 e. The molecule has 1 heterocycles. The summed E-state index contributed by atoms with van der Waals surface area (Å²) < 4.78 is 15.5. The average molecular weight is 490 g/mol. The Labute approximate surface area is 204 Å². The maximum absolute atomic E-state index is 13.0. The molecule has 2 amide bonds. The largest absolute Gasteiger partial charge is 0.323 e. The lowest BCUT2D eigenvalue weighted by atomic mass is 10.1. The van der Waals surface area contributed by atoms with Crippen LogP contribution in [-0.2, 0) is 26.3 Å². The molecule has 4 aromatic carbocycles. The van der Waals surface area contributed by atoms with E-state index in [4.69, 9.17) is 11.6 Å². The minimum atomic E-state index is -1.38. The van der Waals surface area contributed by atoms with Crippen LogP contribution in [0.3, 0.4) is 0 Å². The second-order valence-corrected chi connectivity index (χ2v) is 9.46. The number of rotatable bonds is 5. The molecule has 1 aliphatic rings.